The van der Waals surface area contributed by atoms with Gasteiger partial charge in [0, 0.05) is 12.3 Å². The number of nitrogens with zero attached hydrogens (tertiary/aromatic N) is 1. The Hall–Kier alpha value is -2.34. The smallest absolute Gasteiger partial charge is 0.323 e. The summed E-state index contributed by atoms with van der Waals surface area (Å²) >= 11 is 14.1. The Balaban J connectivity index is 1.42. The molecule has 4 rings (SSSR count). The first kappa shape index (κ1) is 20.9. The molecule has 154 valence electrons. The third kappa shape index (κ3) is 4.86. The molecular weight excluding hydrogens is 439 g/mol. The Morgan fingerprint density at radius 1 is 1.00 bits per heavy atom. The summed E-state index contributed by atoms with van der Waals surface area (Å²) in [6.07, 6.45) is 0. The highest BCUT2D eigenvalue weighted by Crippen LogP contribution is 2.39. The van der Waals surface area contributed by atoms with Crippen molar-refractivity contribution in [3.05, 3.63) is 94.0 Å². The number of carbonyl (C=O) groups is 1. The van der Waals surface area contributed by atoms with Crippen LogP contribution in [0.4, 0.5) is 10.5 Å². The van der Waals surface area contributed by atoms with Gasteiger partial charge in [-0.15, -0.1) is 11.8 Å². The molecule has 1 aliphatic rings. The molecule has 0 spiro atoms. The van der Waals surface area contributed by atoms with E-state index in [1.807, 2.05) is 54.6 Å². The van der Waals surface area contributed by atoms with E-state index < -0.39 is 0 Å². The minimum absolute atomic E-state index is 0.0746. The minimum Gasteiger partial charge on any atom is -0.489 e. The van der Waals surface area contributed by atoms with Crippen LogP contribution in [0.1, 0.15) is 16.5 Å². The van der Waals surface area contributed by atoms with Gasteiger partial charge < -0.3 is 15.0 Å². The van der Waals surface area contributed by atoms with Crippen LogP contribution in [0.15, 0.2) is 72.8 Å². The van der Waals surface area contributed by atoms with Crippen LogP contribution in [-0.2, 0) is 6.61 Å². The summed E-state index contributed by atoms with van der Waals surface area (Å²) < 4.78 is 5.86. The van der Waals surface area contributed by atoms with Crippen LogP contribution in [0.2, 0.25) is 10.0 Å². The Labute approximate surface area is 190 Å². The number of carbonyl (C=O) groups excluding carboxylic acids is 1. The van der Waals surface area contributed by atoms with Gasteiger partial charge in [-0.3, -0.25) is 0 Å². The zero-order valence-electron chi connectivity index (χ0n) is 16.1. The van der Waals surface area contributed by atoms with Crippen molar-refractivity contribution >= 4 is 46.7 Å². The largest absolute Gasteiger partial charge is 0.489 e. The maximum atomic E-state index is 12.9. The summed E-state index contributed by atoms with van der Waals surface area (Å²) in [5, 5.41) is 3.61. The van der Waals surface area contributed by atoms with E-state index >= 15 is 0 Å². The second-order valence-corrected chi connectivity index (χ2v) is 8.79. The van der Waals surface area contributed by atoms with Crippen LogP contribution in [-0.4, -0.2) is 23.2 Å². The van der Waals surface area contributed by atoms with Gasteiger partial charge in [-0.1, -0.05) is 71.7 Å². The average Bonchev–Trinajstić information content (AvgIpc) is 3.26. The summed E-state index contributed by atoms with van der Waals surface area (Å²) in [5.74, 6) is 1.66. The maximum absolute atomic E-state index is 12.9. The molecule has 1 atom stereocenters. The normalized spacial score (nSPS) is 15.8. The van der Waals surface area contributed by atoms with Gasteiger partial charge in [-0.2, -0.15) is 0 Å². The summed E-state index contributed by atoms with van der Waals surface area (Å²) in [6.45, 7) is 1.17. The number of thioether (sulfide) groups is 1. The van der Waals surface area contributed by atoms with Crippen molar-refractivity contribution < 1.29 is 9.53 Å². The number of halogens is 2. The molecule has 0 unspecified atom stereocenters. The number of nitrogens with one attached hydrogen (secondary N) is 1. The van der Waals surface area contributed by atoms with Crippen LogP contribution < -0.4 is 10.1 Å². The number of ether oxygens (including phenoxy) is 1. The molecule has 0 aliphatic carbocycles. The first-order chi connectivity index (χ1) is 14.6. The van der Waals surface area contributed by atoms with Gasteiger partial charge in [0.1, 0.15) is 17.7 Å². The summed E-state index contributed by atoms with van der Waals surface area (Å²) in [5.41, 5.74) is 2.60. The Morgan fingerprint density at radius 2 is 1.70 bits per heavy atom. The Morgan fingerprint density at radius 3 is 2.40 bits per heavy atom. The van der Waals surface area contributed by atoms with Crippen molar-refractivity contribution in [2.75, 3.05) is 17.6 Å². The summed E-state index contributed by atoms with van der Waals surface area (Å²) in [6, 6.07) is 22.9. The fourth-order valence-corrected chi connectivity index (χ4v) is 4.97. The molecule has 0 bridgehead atoms. The van der Waals surface area contributed by atoms with Crippen LogP contribution in [0, 0.1) is 0 Å². The zero-order chi connectivity index (χ0) is 20.9. The van der Waals surface area contributed by atoms with Crippen molar-refractivity contribution in [2.24, 2.45) is 0 Å². The van der Waals surface area contributed by atoms with Crippen molar-refractivity contribution in [3.63, 3.8) is 0 Å². The van der Waals surface area contributed by atoms with E-state index in [1.54, 1.807) is 34.9 Å². The molecule has 4 nitrogen and oxygen atoms in total. The second-order valence-electron chi connectivity index (χ2n) is 6.79. The molecule has 0 saturated carbocycles. The molecule has 0 radical (unpaired) electrons. The third-order valence-electron chi connectivity index (χ3n) is 4.76. The number of hydrogen-bond donors (Lipinski definition) is 1. The standard InChI is InChI=1S/C23H20Cl2N2O2S/c24-19-7-4-8-20(25)21(19)26-23(28)27-13-14-30-22(27)17-9-11-18(12-10-17)29-15-16-5-2-1-3-6-16/h1-12,22H,13-15H2,(H,26,28)/t22-/m0/s1. The molecule has 1 fully saturated rings. The predicted octanol–water partition coefficient (Wildman–Crippen LogP) is 6.85. The first-order valence-electron chi connectivity index (χ1n) is 9.52. The fourth-order valence-electron chi connectivity index (χ4n) is 3.22. The SMILES string of the molecule is O=C(Nc1c(Cl)cccc1Cl)N1CCS[C@H]1c1ccc(OCc2ccccc2)cc1. The van der Waals surface area contributed by atoms with Gasteiger partial charge in [-0.05, 0) is 35.4 Å². The Bertz CT molecular complexity index is 995. The van der Waals surface area contributed by atoms with Gasteiger partial charge in [0.25, 0.3) is 0 Å². The molecule has 7 heteroatoms. The molecule has 1 N–H and O–H groups in total. The quantitative estimate of drug-likeness (QED) is 0.454. The average molecular weight is 459 g/mol. The summed E-state index contributed by atoms with van der Waals surface area (Å²) in [4.78, 5) is 14.7. The van der Waals surface area contributed by atoms with Crippen LogP contribution >= 0.6 is 35.0 Å². The highest BCUT2D eigenvalue weighted by molar-refractivity contribution is 7.99. The lowest BCUT2D eigenvalue weighted by atomic mass is 10.2. The van der Waals surface area contributed by atoms with Gasteiger partial charge in [0.05, 0.1) is 15.7 Å². The number of rotatable bonds is 5. The highest BCUT2D eigenvalue weighted by atomic mass is 35.5. The molecule has 2 amide bonds. The first-order valence-corrected chi connectivity index (χ1v) is 11.3. The molecule has 3 aromatic rings. The number of benzene rings is 3. The number of para-hydroxylation sites is 1. The predicted molar refractivity (Wildman–Crippen MR) is 125 cm³/mol. The van der Waals surface area contributed by atoms with E-state index in [4.69, 9.17) is 27.9 Å². The number of urea groups is 1. The zero-order valence-corrected chi connectivity index (χ0v) is 18.4. The molecular formula is C23H20Cl2N2O2S. The third-order valence-corrected chi connectivity index (χ3v) is 6.65. The van der Waals surface area contributed by atoms with Crippen molar-refractivity contribution in [1.29, 1.82) is 0 Å². The monoisotopic (exact) mass is 458 g/mol. The van der Waals surface area contributed by atoms with Crippen LogP contribution in [0.25, 0.3) is 0 Å². The van der Waals surface area contributed by atoms with Crippen LogP contribution in [0.3, 0.4) is 0 Å². The topological polar surface area (TPSA) is 41.6 Å². The lowest BCUT2D eigenvalue weighted by Crippen LogP contribution is -2.34. The maximum Gasteiger partial charge on any atom is 0.323 e. The van der Waals surface area contributed by atoms with E-state index in [-0.39, 0.29) is 11.4 Å². The molecule has 1 aliphatic heterocycles. The van der Waals surface area contributed by atoms with E-state index in [0.29, 0.717) is 28.9 Å². The van der Waals surface area contributed by atoms with Crippen LogP contribution in [0.5, 0.6) is 5.75 Å². The number of amides is 2. The van der Waals surface area contributed by atoms with Gasteiger partial charge in [0.15, 0.2) is 0 Å². The molecule has 30 heavy (non-hydrogen) atoms. The second kappa shape index (κ2) is 9.65. The van der Waals surface area contributed by atoms with E-state index in [9.17, 15) is 4.79 Å². The van der Waals surface area contributed by atoms with E-state index in [1.165, 1.54) is 0 Å². The number of hydrogen-bond acceptors (Lipinski definition) is 3. The van der Waals surface area contributed by atoms with Gasteiger partial charge >= 0.3 is 6.03 Å². The minimum atomic E-state index is -0.218. The molecule has 1 heterocycles. The van der Waals surface area contributed by atoms with E-state index in [0.717, 1.165) is 22.6 Å². The Kier molecular flexibility index (Phi) is 6.72. The molecule has 3 aromatic carbocycles. The highest BCUT2D eigenvalue weighted by Gasteiger charge is 2.31. The van der Waals surface area contributed by atoms with Gasteiger partial charge in [-0.25, -0.2) is 4.79 Å². The van der Waals surface area contributed by atoms with E-state index in [2.05, 4.69) is 5.32 Å². The lowest BCUT2D eigenvalue weighted by Gasteiger charge is -2.25. The number of anilines is 1. The summed E-state index contributed by atoms with van der Waals surface area (Å²) in [7, 11) is 0. The van der Waals surface area contributed by atoms with Crippen molar-refractivity contribution in [1.82, 2.24) is 4.90 Å². The fraction of sp³-hybridized carbons (Fsp3) is 0.174. The lowest BCUT2D eigenvalue weighted by molar-refractivity contribution is 0.214. The molecule has 1 saturated heterocycles. The van der Waals surface area contributed by atoms with Gasteiger partial charge in [0.2, 0.25) is 0 Å². The van der Waals surface area contributed by atoms with Crippen molar-refractivity contribution in [2.45, 2.75) is 12.0 Å². The van der Waals surface area contributed by atoms with Crippen molar-refractivity contribution in [3.8, 4) is 5.75 Å². The molecule has 0 aromatic heterocycles.